The maximum atomic E-state index is 14.6. The van der Waals surface area contributed by atoms with E-state index in [1.54, 1.807) is 0 Å². The van der Waals surface area contributed by atoms with E-state index in [2.05, 4.69) is 5.32 Å². The standard InChI is InChI=1S/C25H27F3N2O6/c1-13-16(8-5-9-18(13)31)21(33)29-17(11-14-6-4-7-15(26)10-14)19(32)22(34)30-12-25(27,28)24(2,3)20(30)23(35)36/h4-10,17,19-20,31-32H,11-12H2,1-3H3,(H,29,33)(H,35,36)/t17-,19-,20+/m0/s1. The first kappa shape index (κ1) is 27.0. The Morgan fingerprint density at radius 2 is 1.81 bits per heavy atom. The molecule has 0 radical (unpaired) electrons. The summed E-state index contributed by atoms with van der Waals surface area (Å²) in [4.78, 5) is 38.4. The highest BCUT2D eigenvalue weighted by atomic mass is 19.3. The Morgan fingerprint density at radius 1 is 1.17 bits per heavy atom. The quantitative estimate of drug-likeness (QED) is 0.455. The zero-order valence-electron chi connectivity index (χ0n) is 19.8. The predicted octanol–water partition coefficient (Wildman–Crippen LogP) is 2.50. The predicted molar refractivity (Wildman–Crippen MR) is 122 cm³/mol. The highest BCUT2D eigenvalue weighted by Gasteiger charge is 2.65. The summed E-state index contributed by atoms with van der Waals surface area (Å²) in [5.74, 6) is -8.13. The third-order valence-corrected chi connectivity index (χ3v) is 6.67. The van der Waals surface area contributed by atoms with Crippen LogP contribution in [0, 0.1) is 18.2 Å². The molecule has 1 aliphatic rings. The molecule has 36 heavy (non-hydrogen) atoms. The van der Waals surface area contributed by atoms with E-state index in [0.29, 0.717) is 4.90 Å². The number of halogens is 3. The van der Waals surface area contributed by atoms with Crippen LogP contribution >= 0.6 is 0 Å². The van der Waals surface area contributed by atoms with Crippen LogP contribution in [0.3, 0.4) is 0 Å². The number of carboxylic acid groups (broad SMARTS) is 1. The molecule has 0 aliphatic carbocycles. The number of carbonyl (C=O) groups is 3. The molecule has 8 nitrogen and oxygen atoms in total. The maximum Gasteiger partial charge on any atom is 0.327 e. The molecule has 3 atom stereocenters. The number of nitrogens with one attached hydrogen (secondary N) is 1. The molecule has 4 N–H and O–H groups in total. The van der Waals surface area contributed by atoms with Crippen LogP contribution in [0.15, 0.2) is 42.5 Å². The minimum Gasteiger partial charge on any atom is -0.508 e. The van der Waals surface area contributed by atoms with E-state index in [0.717, 1.165) is 19.9 Å². The van der Waals surface area contributed by atoms with E-state index in [1.165, 1.54) is 43.3 Å². The summed E-state index contributed by atoms with van der Waals surface area (Å²) in [6, 6.07) is 5.91. The number of hydrogen-bond donors (Lipinski definition) is 4. The molecule has 0 bridgehead atoms. The van der Waals surface area contributed by atoms with Gasteiger partial charge in [-0.1, -0.05) is 32.0 Å². The number of likely N-dealkylation sites (tertiary alicyclic amines) is 1. The number of phenolic OH excluding ortho intramolecular Hbond substituents is 1. The maximum absolute atomic E-state index is 14.6. The SMILES string of the molecule is Cc1c(O)cccc1C(=O)N[C@@H](Cc1cccc(F)c1)[C@H](O)C(=O)N1CC(F)(F)C(C)(C)[C@H]1C(=O)O. The van der Waals surface area contributed by atoms with Crippen LogP contribution in [0.1, 0.15) is 35.3 Å². The summed E-state index contributed by atoms with van der Waals surface area (Å²) in [7, 11) is 0. The number of phenols is 1. The zero-order chi connectivity index (χ0) is 27.0. The van der Waals surface area contributed by atoms with Gasteiger partial charge in [0.15, 0.2) is 6.10 Å². The number of amides is 2. The Bertz CT molecular complexity index is 1190. The van der Waals surface area contributed by atoms with Crippen molar-refractivity contribution in [3.05, 3.63) is 65.0 Å². The van der Waals surface area contributed by atoms with Gasteiger partial charge < -0.3 is 25.5 Å². The molecule has 11 heteroatoms. The van der Waals surface area contributed by atoms with Gasteiger partial charge in [-0.05, 0) is 43.2 Å². The summed E-state index contributed by atoms with van der Waals surface area (Å²) in [6.45, 7) is 2.27. The first-order chi connectivity index (χ1) is 16.7. The average molecular weight is 508 g/mol. The largest absolute Gasteiger partial charge is 0.508 e. The summed E-state index contributed by atoms with van der Waals surface area (Å²) in [5.41, 5.74) is -1.61. The molecule has 2 aromatic carbocycles. The fourth-order valence-corrected chi connectivity index (χ4v) is 4.36. The lowest BCUT2D eigenvalue weighted by Crippen LogP contribution is -2.56. The van der Waals surface area contributed by atoms with Gasteiger partial charge in [0.05, 0.1) is 18.0 Å². The van der Waals surface area contributed by atoms with Gasteiger partial charge >= 0.3 is 5.97 Å². The van der Waals surface area contributed by atoms with Gasteiger partial charge in [0, 0.05) is 11.1 Å². The Hall–Kier alpha value is -3.60. The van der Waals surface area contributed by atoms with E-state index in [9.17, 15) is 42.9 Å². The van der Waals surface area contributed by atoms with Crippen LogP contribution in [0.25, 0.3) is 0 Å². The van der Waals surface area contributed by atoms with Crippen LogP contribution in [-0.4, -0.2) is 68.7 Å². The fraction of sp³-hybridized carbons (Fsp3) is 0.400. The Labute approximate surface area is 205 Å². The van der Waals surface area contributed by atoms with Crippen LogP contribution in [0.5, 0.6) is 5.75 Å². The second-order valence-electron chi connectivity index (χ2n) is 9.44. The normalized spacial score (nSPS) is 20.0. The first-order valence-corrected chi connectivity index (χ1v) is 11.1. The third-order valence-electron chi connectivity index (χ3n) is 6.67. The van der Waals surface area contributed by atoms with Crippen molar-refractivity contribution in [3.8, 4) is 5.75 Å². The minimum absolute atomic E-state index is 0.0242. The number of alkyl halides is 2. The van der Waals surface area contributed by atoms with Crippen molar-refractivity contribution in [2.45, 2.75) is 51.3 Å². The second kappa shape index (κ2) is 9.81. The number of nitrogens with zero attached hydrogens (tertiary/aromatic N) is 1. The van der Waals surface area contributed by atoms with E-state index in [4.69, 9.17) is 0 Å². The number of benzene rings is 2. The van der Waals surface area contributed by atoms with Crippen molar-refractivity contribution in [2.75, 3.05) is 6.54 Å². The Morgan fingerprint density at radius 3 is 2.42 bits per heavy atom. The Balaban J connectivity index is 1.95. The van der Waals surface area contributed by atoms with Gasteiger partial charge in [0.2, 0.25) is 0 Å². The fourth-order valence-electron chi connectivity index (χ4n) is 4.36. The zero-order valence-corrected chi connectivity index (χ0v) is 19.8. The third kappa shape index (κ3) is 5.01. The van der Waals surface area contributed by atoms with Crippen LogP contribution in [0.4, 0.5) is 13.2 Å². The van der Waals surface area contributed by atoms with E-state index in [-0.39, 0.29) is 28.9 Å². The topological polar surface area (TPSA) is 127 Å². The minimum atomic E-state index is -3.56. The molecule has 0 saturated carbocycles. The van der Waals surface area contributed by atoms with Crippen LogP contribution in [0.2, 0.25) is 0 Å². The van der Waals surface area contributed by atoms with Crippen LogP contribution < -0.4 is 5.32 Å². The Kier molecular flexibility index (Phi) is 7.35. The number of aromatic hydroxyl groups is 1. The molecule has 0 spiro atoms. The van der Waals surface area contributed by atoms with Crippen LogP contribution in [-0.2, 0) is 16.0 Å². The molecule has 3 rings (SSSR count). The summed E-state index contributed by atoms with van der Waals surface area (Å²) < 4.78 is 43.0. The number of hydrogen-bond acceptors (Lipinski definition) is 5. The highest BCUT2D eigenvalue weighted by molar-refractivity contribution is 5.97. The molecular weight excluding hydrogens is 481 g/mol. The summed E-state index contributed by atoms with van der Waals surface area (Å²) in [6.07, 6.45) is -2.42. The average Bonchev–Trinajstić information content (AvgIpc) is 2.98. The number of carbonyl (C=O) groups excluding carboxylic acids is 2. The lowest BCUT2D eigenvalue weighted by Gasteiger charge is -2.32. The molecule has 0 aromatic heterocycles. The lowest BCUT2D eigenvalue weighted by atomic mass is 9.81. The second-order valence-corrected chi connectivity index (χ2v) is 9.44. The van der Waals surface area contributed by atoms with E-state index in [1.807, 2.05) is 0 Å². The van der Waals surface area contributed by atoms with Gasteiger partial charge in [-0.25, -0.2) is 18.0 Å². The molecule has 1 aliphatic heterocycles. The number of aliphatic hydroxyl groups excluding tert-OH is 1. The molecule has 2 amide bonds. The highest BCUT2D eigenvalue weighted by Crippen LogP contribution is 2.48. The number of carboxylic acids is 1. The van der Waals surface area contributed by atoms with Crippen molar-refractivity contribution < 1.29 is 42.9 Å². The molecule has 1 saturated heterocycles. The van der Waals surface area contributed by atoms with Gasteiger partial charge in [-0.3, -0.25) is 9.59 Å². The van der Waals surface area contributed by atoms with Crippen molar-refractivity contribution in [3.63, 3.8) is 0 Å². The summed E-state index contributed by atoms with van der Waals surface area (Å²) in [5, 5.41) is 32.9. The molecule has 1 heterocycles. The monoisotopic (exact) mass is 508 g/mol. The smallest absolute Gasteiger partial charge is 0.327 e. The van der Waals surface area contributed by atoms with Gasteiger partial charge in [-0.2, -0.15) is 0 Å². The first-order valence-electron chi connectivity index (χ1n) is 11.1. The molecule has 194 valence electrons. The molecule has 1 fully saturated rings. The van der Waals surface area contributed by atoms with E-state index < -0.39 is 59.7 Å². The molecule has 0 unspecified atom stereocenters. The van der Waals surface area contributed by atoms with Crippen molar-refractivity contribution in [2.24, 2.45) is 5.41 Å². The van der Waals surface area contributed by atoms with Gasteiger partial charge in [-0.15, -0.1) is 0 Å². The van der Waals surface area contributed by atoms with Crippen molar-refractivity contribution in [1.82, 2.24) is 10.2 Å². The van der Waals surface area contributed by atoms with Gasteiger partial charge in [0.25, 0.3) is 17.7 Å². The van der Waals surface area contributed by atoms with Gasteiger partial charge in [0.1, 0.15) is 17.6 Å². The number of aliphatic hydroxyl groups is 1. The molecule has 2 aromatic rings. The number of rotatable bonds is 7. The van der Waals surface area contributed by atoms with Crippen molar-refractivity contribution in [1.29, 1.82) is 0 Å². The molecular formula is C25H27F3N2O6. The van der Waals surface area contributed by atoms with E-state index >= 15 is 0 Å². The number of aliphatic carboxylic acids is 1. The van der Waals surface area contributed by atoms with Crippen molar-refractivity contribution >= 4 is 17.8 Å². The lowest BCUT2D eigenvalue weighted by molar-refractivity contribution is -0.156. The summed E-state index contributed by atoms with van der Waals surface area (Å²) >= 11 is 0.